The SMILES string of the molecule is Cc1cc(NC(=O)CCn2cnc3sc(C)c(C)c3c2=O)no1. The van der Waals surface area contributed by atoms with Crippen LogP contribution in [0.15, 0.2) is 21.7 Å². The van der Waals surface area contributed by atoms with Gasteiger partial charge in [0.25, 0.3) is 5.56 Å². The first-order chi connectivity index (χ1) is 11.0. The number of rotatable bonds is 4. The molecule has 3 rings (SSSR count). The summed E-state index contributed by atoms with van der Waals surface area (Å²) in [6.07, 6.45) is 1.65. The molecular weight excluding hydrogens is 316 g/mol. The Morgan fingerprint density at radius 3 is 2.87 bits per heavy atom. The van der Waals surface area contributed by atoms with Gasteiger partial charge in [0.15, 0.2) is 5.82 Å². The van der Waals surface area contributed by atoms with Gasteiger partial charge in [0.1, 0.15) is 10.6 Å². The van der Waals surface area contributed by atoms with E-state index in [0.29, 0.717) is 17.0 Å². The van der Waals surface area contributed by atoms with E-state index in [4.69, 9.17) is 4.52 Å². The second-order valence-electron chi connectivity index (χ2n) is 5.33. The zero-order valence-corrected chi connectivity index (χ0v) is 13.9. The minimum absolute atomic E-state index is 0.109. The molecule has 0 aliphatic rings. The molecular formula is C15H16N4O3S. The highest BCUT2D eigenvalue weighted by Gasteiger charge is 2.13. The Hall–Kier alpha value is -2.48. The smallest absolute Gasteiger partial charge is 0.262 e. The number of fused-ring (bicyclic) bond motifs is 1. The van der Waals surface area contributed by atoms with Crippen molar-refractivity contribution in [2.24, 2.45) is 0 Å². The molecule has 0 bridgehead atoms. The molecule has 0 saturated heterocycles. The number of aromatic nitrogens is 3. The van der Waals surface area contributed by atoms with Crippen molar-refractivity contribution in [3.8, 4) is 0 Å². The van der Waals surface area contributed by atoms with Gasteiger partial charge in [-0.15, -0.1) is 11.3 Å². The van der Waals surface area contributed by atoms with Gasteiger partial charge in [-0.25, -0.2) is 4.98 Å². The third-order valence-corrected chi connectivity index (χ3v) is 4.75. The fraction of sp³-hybridized carbons (Fsp3) is 0.333. The van der Waals surface area contributed by atoms with Gasteiger partial charge >= 0.3 is 0 Å². The number of nitrogens with one attached hydrogen (secondary N) is 1. The third-order valence-electron chi connectivity index (χ3n) is 3.63. The summed E-state index contributed by atoms with van der Waals surface area (Å²) < 4.78 is 6.35. The van der Waals surface area contributed by atoms with Crippen LogP contribution in [0.1, 0.15) is 22.6 Å². The minimum atomic E-state index is -0.233. The van der Waals surface area contributed by atoms with Gasteiger partial charge in [0.2, 0.25) is 5.91 Å². The van der Waals surface area contributed by atoms with Crippen LogP contribution in [0.3, 0.4) is 0 Å². The van der Waals surface area contributed by atoms with E-state index in [-0.39, 0.29) is 24.4 Å². The average Bonchev–Trinajstić information content (AvgIpc) is 3.03. The maximum Gasteiger partial charge on any atom is 0.262 e. The van der Waals surface area contributed by atoms with Gasteiger partial charge in [-0.05, 0) is 26.3 Å². The number of amides is 1. The minimum Gasteiger partial charge on any atom is -0.360 e. The summed E-state index contributed by atoms with van der Waals surface area (Å²) in [6, 6.07) is 1.63. The van der Waals surface area contributed by atoms with Gasteiger partial charge in [-0.3, -0.25) is 14.2 Å². The predicted octanol–water partition coefficient (Wildman–Crippen LogP) is 2.40. The van der Waals surface area contributed by atoms with Crippen molar-refractivity contribution in [2.45, 2.75) is 33.7 Å². The molecule has 0 aliphatic heterocycles. The monoisotopic (exact) mass is 332 g/mol. The molecule has 8 heteroatoms. The first-order valence-corrected chi connectivity index (χ1v) is 7.95. The maximum atomic E-state index is 12.5. The maximum absolute atomic E-state index is 12.5. The zero-order chi connectivity index (χ0) is 16.6. The molecule has 0 aromatic carbocycles. The van der Waals surface area contributed by atoms with Gasteiger partial charge in [0.05, 0.1) is 11.7 Å². The highest BCUT2D eigenvalue weighted by atomic mass is 32.1. The standard InChI is InChI=1S/C15H16N4O3S/c1-8-6-11(18-22-8)17-12(20)4-5-19-7-16-14-13(15(19)21)9(2)10(3)23-14/h6-7H,4-5H2,1-3H3,(H,17,18,20). The zero-order valence-electron chi connectivity index (χ0n) is 13.0. The van der Waals surface area contributed by atoms with Crippen LogP contribution >= 0.6 is 11.3 Å². The van der Waals surface area contributed by atoms with Crippen molar-refractivity contribution in [3.63, 3.8) is 0 Å². The Bertz CT molecular complexity index is 938. The molecule has 1 N–H and O–H groups in total. The van der Waals surface area contributed by atoms with Gasteiger partial charge in [-0.2, -0.15) is 0 Å². The quantitative estimate of drug-likeness (QED) is 0.792. The van der Waals surface area contributed by atoms with Crippen LogP contribution in [0, 0.1) is 20.8 Å². The van der Waals surface area contributed by atoms with E-state index in [9.17, 15) is 9.59 Å². The number of thiophene rings is 1. The molecule has 0 unspecified atom stereocenters. The van der Waals surface area contributed by atoms with E-state index in [1.807, 2.05) is 13.8 Å². The number of aryl methyl sites for hydroxylation is 4. The normalized spacial score (nSPS) is 11.1. The van der Waals surface area contributed by atoms with E-state index in [0.717, 1.165) is 15.3 Å². The molecule has 0 saturated carbocycles. The Balaban J connectivity index is 1.74. The molecule has 3 heterocycles. The van der Waals surface area contributed by atoms with E-state index in [2.05, 4.69) is 15.5 Å². The summed E-state index contributed by atoms with van der Waals surface area (Å²) in [5.74, 6) is 0.760. The molecule has 0 aliphatic carbocycles. The number of carbonyl (C=O) groups excluding carboxylic acids is 1. The largest absolute Gasteiger partial charge is 0.360 e. The second kappa shape index (κ2) is 5.96. The summed E-state index contributed by atoms with van der Waals surface area (Å²) >= 11 is 1.51. The number of hydrogen-bond acceptors (Lipinski definition) is 6. The lowest BCUT2D eigenvalue weighted by Crippen LogP contribution is -2.23. The lowest BCUT2D eigenvalue weighted by Gasteiger charge is -2.05. The van der Waals surface area contributed by atoms with Gasteiger partial charge in [0, 0.05) is 23.9 Å². The molecule has 3 aromatic heterocycles. The molecule has 0 spiro atoms. The highest BCUT2D eigenvalue weighted by Crippen LogP contribution is 2.25. The lowest BCUT2D eigenvalue weighted by atomic mass is 10.2. The van der Waals surface area contributed by atoms with E-state index in [1.54, 1.807) is 13.0 Å². The number of carbonyl (C=O) groups is 1. The fourth-order valence-electron chi connectivity index (χ4n) is 2.28. The summed E-state index contributed by atoms with van der Waals surface area (Å²) in [5, 5.41) is 6.97. The van der Waals surface area contributed by atoms with Crippen LogP contribution in [-0.4, -0.2) is 20.6 Å². The van der Waals surface area contributed by atoms with Crippen molar-refractivity contribution in [3.05, 3.63) is 38.9 Å². The van der Waals surface area contributed by atoms with Crippen LogP contribution in [0.2, 0.25) is 0 Å². The van der Waals surface area contributed by atoms with Crippen LogP contribution in [0.4, 0.5) is 5.82 Å². The van der Waals surface area contributed by atoms with Crippen molar-refractivity contribution in [1.29, 1.82) is 0 Å². The fourth-order valence-corrected chi connectivity index (χ4v) is 3.27. The van der Waals surface area contributed by atoms with Crippen molar-refractivity contribution in [2.75, 3.05) is 5.32 Å². The number of hydrogen-bond donors (Lipinski definition) is 1. The molecule has 0 radical (unpaired) electrons. The van der Waals surface area contributed by atoms with Crippen LogP contribution < -0.4 is 10.9 Å². The second-order valence-corrected chi connectivity index (χ2v) is 6.53. The molecule has 23 heavy (non-hydrogen) atoms. The Morgan fingerprint density at radius 1 is 1.39 bits per heavy atom. The Morgan fingerprint density at radius 2 is 2.17 bits per heavy atom. The summed E-state index contributed by atoms with van der Waals surface area (Å²) in [7, 11) is 0. The van der Waals surface area contributed by atoms with E-state index >= 15 is 0 Å². The van der Waals surface area contributed by atoms with Crippen molar-refractivity contribution >= 4 is 33.3 Å². The molecule has 120 valence electrons. The van der Waals surface area contributed by atoms with E-state index < -0.39 is 0 Å². The van der Waals surface area contributed by atoms with Crippen molar-refractivity contribution < 1.29 is 9.32 Å². The molecule has 0 atom stereocenters. The molecule has 0 fully saturated rings. The topological polar surface area (TPSA) is 90.0 Å². The van der Waals surface area contributed by atoms with Crippen LogP contribution in [0.5, 0.6) is 0 Å². The predicted molar refractivity (Wildman–Crippen MR) is 87.8 cm³/mol. The Labute approximate surface area is 135 Å². The van der Waals surface area contributed by atoms with Crippen LogP contribution in [-0.2, 0) is 11.3 Å². The van der Waals surface area contributed by atoms with Gasteiger partial charge in [-0.1, -0.05) is 5.16 Å². The summed E-state index contributed by atoms with van der Waals surface area (Å²) in [6.45, 7) is 5.90. The van der Waals surface area contributed by atoms with Crippen LogP contribution in [0.25, 0.3) is 10.2 Å². The first kappa shape index (κ1) is 15.4. The lowest BCUT2D eigenvalue weighted by molar-refractivity contribution is -0.116. The first-order valence-electron chi connectivity index (χ1n) is 7.14. The molecule has 1 amide bonds. The number of nitrogens with zero attached hydrogens (tertiary/aromatic N) is 3. The summed E-state index contributed by atoms with van der Waals surface area (Å²) in [4.78, 5) is 30.6. The van der Waals surface area contributed by atoms with Crippen molar-refractivity contribution in [1.82, 2.24) is 14.7 Å². The Kier molecular flexibility index (Phi) is 3.99. The third kappa shape index (κ3) is 3.02. The highest BCUT2D eigenvalue weighted by molar-refractivity contribution is 7.18. The van der Waals surface area contributed by atoms with E-state index in [1.165, 1.54) is 22.2 Å². The average molecular weight is 332 g/mol. The molecule has 3 aromatic rings. The van der Waals surface area contributed by atoms with Gasteiger partial charge < -0.3 is 9.84 Å². The molecule has 7 nitrogen and oxygen atoms in total. The number of anilines is 1. The summed E-state index contributed by atoms with van der Waals surface area (Å²) in [5.41, 5.74) is 0.848.